The first-order chi connectivity index (χ1) is 10.5. The van der Waals surface area contributed by atoms with Gasteiger partial charge >= 0.3 is 7.60 Å². The Morgan fingerprint density at radius 3 is 1.73 bits per heavy atom. The summed E-state index contributed by atoms with van der Waals surface area (Å²) in [6.07, 6.45) is 0. The Bertz CT molecular complexity index is 669. The average Bonchev–Trinajstić information content (AvgIpc) is 2.55. The van der Waals surface area contributed by atoms with Crippen LogP contribution in [0.4, 0.5) is 0 Å². The van der Waals surface area contributed by atoms with Crippen LogP contribution in [0.15, 0.2) is 83.1 Å². The van der Waals surface area contributed by atoms with Gasteiger partial charge in [-0.1, -0.05) is 66.2 Å². The van der Waals surface area contributed by atoms with Gasteiger partial charge in [-0.2, -0.15) is 0 Å². The summed E-state index contributed by atoms with van der Waals surface area (Å²) < 4.78 is 24.2. The van der Waals surface area contributed by atoms with Crippen LogP contribution in [-0.4, -0.2) is 0 Å². The molecule has 2 aromatic rings. The van der Waals surface area contributed by atoms with Crippen molar-refractivity contribution >= 4 is 30.8 Å². The minimum atomic E-state index is -3.81. The molecule has 0 aliphatic carbocycles. The largest absolute Gasteiger partial charge is 0.463 e. The van der Waals surface area contributed by atoms with Gasteiger partial charge in [-0.3, -0.25) is 0 Å². The molecular formula is C16H13Cl2O3P. The third-order valence-electron chi connectivity index (χ3n) is 2.64. The molecule has 0 unspecified atom stereocenters. The zero-order chi connectivity index (χ0) is 16.0. The van der Waals surface area contributed by atoms with Crippen LogP contribution in [0.25, 0.3) is 0 Å². The fraction of sp³-hybridized carbons (Fsp3) is 0. The standard InChI is InChI=1S/C16H13Cl2O3P/c1-13(16(18)12-17)22(19,20-14-8-4-2-5-9-14)21-15-10-6-3-7-11-15/h2-12H,1H2/b16-12+. The Hall–Kier alpha value is -1.67. The van der Waals surface area contributed by atoms with E-state index in [2.05, 4.69) is 6.58 Å². The zero-order valence-corrected chi connectivity index (χ0v) is 13.9. The molecule has 0 radical (unpaired) electrons. The number of hydrogen-bond acceptors (Lipinski definition) is 3. The highest BCUT2D eigenvalue weighted by Crippen LogP contribution is 2.57. The van der Waals surface area contributed by atoms with Crippen molar-refractivity contribution < 1.29 is 13.6 Å². The SMILES string of the molecule is C=C(/C(Cl)=C\Cl)P(=O)(Oc1ccccc1)Oc1ccccc1. The molecule has 0 aliphatic heterocycles. The molecule has 0 atom stereocenters. The molecule has 0 N–H and O–H groups in total. The first kappa shape index (κ1) is 16.7. The average molecular weight is 355 g/mol. The van der Waals surface area contributed by atoms with E-state index in [4.69, 9.17) is 32.2 Å². The molecular weight excluding hydrogens is 342 g/mol. The van der Waals surface area contributed by atoms with Gasteiger partial charge in [0.05, 0.1) is 5.03 Å². The molecule has 2 rings (SSSR count). The highest BCUT2D eigenvalue weighted by atomic mass is 35.5. The van der Waals surface area contributed by atoms with Crippen molar-refractivity contribution in [3.05, 3.63) is 83.1 Å². The highest BCUT2D eigenvalue weighted by molar-refractivity contribution is 7.59. The second-order valence-electron chi connectivity index (χ2n) is 4.21. The van der Waals surface area contributed by atoms with E-state index in [1.165, 1.54) is 0 Å². The summed E-state index contributed by atoms with van der Waals surface area (Å²) in [6.45, 7) is 3.69. The van der Waals surface area contributed by atoms with Crippen LogP contribution in [0, 0.1) is 0 Å². The van der Waals surface area contributed by atoms with Crippen LogP contribution in [-0.2, 0) is 4.57 Å². The number of hydrogen-bond donors (Lipinski definition) is 0. The van der Waals surface area contributed by atoms with Crippen LogP contribution < -0.4 is 9.05 Å². The first-order valence-corrected chi connectivity index (χ1v) is 8.66. The van der Waals surface area contributed by atoms with E-state index < -0.39 is 7.60 Å². The van der Waals surface area contributed by atoms with Gasteiger partial charge in [-0.25, -0.2) is 4.57 Å². The third kappa shape index (κ3) is 4.17. The quantitative estimate of drug-likeness (QED) is 0.459. The van der Waals surface area contributed by atoms with Gasteiger partial charge in [-0.05, 0) is 24.3 Å². The van der Waals surface area contributed by atoms with E-state index in [0.29, 0.717) is 11.5 Å². The smallest absolute Gasteiger partial charge is 0.413 e. The lowest BCUT2D eigenvalue weighted by Gasteiger charge is -2.21. The molecule has 6 heteroatoms. The van der Waals surface area contributed by atoms with Crippen molar-refractivity contribution in [3.63, 3.8) is 0 Å². The molecule has 2 aromatic carbocycles. The first-order valence-electron chi connectivity index (χ1n) is 6.30. The predicted octanol–water partition coefficient (Wildman–Crippen LogP) is 6.17. The Balaban J connectivity index is 2.36. The Kier molecular flexibility index (Phi) is 5.73. The lowest BCUT2D eigenvalue weighted by Crippen LogP contribution is -2.03. The summed E-state index contributed by atoms with van der Waals surface area (Å²) in [7, 11) is -3.81. The van der Waals surface area contributed by atoms with Gasteiger partial charge in [0.25, 0.3) is 0 Å². The maximum atomic E-state index is 13.1. The van der Waals surface area contributed by atoms with Crippen molar-refractivity contribution in [2.45, 2.75) is 0 Å². The number of rotatable bonds is 6. The molecule has 0 fully saturated rings. The summed E-state index contributed by atoms with van der Waals surface area (Å²) in [5, 5.41) is -0.00580. The van der Waals surface area contributed by atoms with Crippen molar-refractivity contribution in [2.75, 3.05) is 0 Å². The van der Waals surface area contributed by atoms with E-state index in [9.17, 15) is 4.57 Å². The second kappa shape index (κ2) is 7.55. The van der Waals surface area contributed by atoms with E-state index in [0.717, 1.165) is 5.54 Å². The van der Waals surface area contributed by atoms with Gasteiger partial charge < -0.3 is 9.05 Å². The number of benzene rings is 2. The fourth-order valence-corrected chi connectivity index (χ4v) is 3.46. The number of allylic oxidation sites excluding steroid dienone is 2. The molecule has 0 spiro atoms. The van der Waals surface area contributed by atoms with E-state index in [-0.39, 0.29) is 10.3 Å². The molecule has 0 aromatic heterocycles. The van der Waals surface area contributed by atoms with E-state index in [1.807, 2.05) is 12.1 Å². The highest BCUT2D eigenvalue weighted by Gasteiger charge is 2.34. The topological polar surface area (TPSA) is 35.5 Å². The summed E-state index contributed by atoms with van der Waals surface area (Å²) in [5.74, 6) is 0.754. The summed E-state index contributed by atoms with van der Waals surface area (Å²) >= 11 is 11.5. The molecule has 114 valence electrons. The van der Waals surface area contributed by atoms with Crippen molar-refractivity contribution in [3.8, 4) is 11.5 Å². The maximum Gasteiger partial charge on any atom is 0.463 e. The predicted molar refractivity (Wildman–Crippen MR) is 90.7 cm³/mol. The molecule has 0 saturated carbocycles. The monoisotopic (exact) mass is 354 g/mol. The number of halogens is 2. The minimum Gasteiger partial charge on any atom is -0.413 e. The van der Waals surface area contributed by atoms with Crippen molar-refractivity contribution in [1.82, 2.24) is 0 Å². The fourth-order valence-electron chi connectivity index (χ4n) is 1.56. The summed E-state index contributed by atoms with van der Waals surface area (Å²) in [5.41, 5.74) is 1.07. The lowest BCUT2D eigenvalue weighted by molar-refractivity contribution is 0.395. The van der Waals surface area contributed by atoms with Crippen LogP contribution >= 0.6 is 30.8 Å². The molecule has 0 aliphatic rings. The van der Waals surface area contributed by atoms with Crippen LogP contribution in [0.3, 0.4) is 0 Å². The van der Waals surface area contributed by atoms with Gasteiger partial charge in [0.1, 0.15) is 16.8 Å². The molecule has 0 saturated heterocycles. The van der Waals surface area contributed by atoms with Crippen LogP contribution in [0.2, 0.25) is 0 Å². The summed E-state index contributed by atoms with van der Waals surface area (Å²) in [4.78, 5) is 0. The Morgan fingerprint density at radius 2 is 1.36 bits per heavy atom. The van der Waals surface area contributed by atoms with Gasteiger partial charge in [0.2, 0.25) is 0 Å². The Morgan fingerprint density at radius 1 is 0.955 bits per heavy atom. The minimum absolute atomic E-state index is 0.0110. The maximum absolute atomic E-state index is 13.1. The van der Waals surface area contributed by atoms with Crippen molar-refractivity contribution in [2.24, 2.45) is 0 Å². The second-order valence-corrected chi connectivity index (χ2v) is 6.74. The van der Waals surface area contributed by atoms with Crippen LogP contribution in [0.1, 0.15) is 0 Å². The van der Waals surface area contributed by atoms with Gasteiger partial charge in [0.15, 0.2) is 0 Å². The summed E-state index contributed by atoms with van der Waals surface area (Å²) in [6, 6.07) is 17.3. The van der Waals surface area contributed by atoms with Gasteiger partial charge in [-0.15, -0.1) is 0 Å². The molecule has 22 heavy (non-hydrogen) atoms. The molecule has 0 heterocycles. The molecule has 0 bridgehead atoms. The van der Waals surface area contributed by atoms with Crippen molar-refractivity contribution in [1.29, 1.82) is 0 Å². The van der Waals surface area contributed by atoms with E-state index in [1.54, 1.807) is 48.5 Å². The Labute approximate surface area is 139 Å². The van der Waals surface area contributed by atoms with E-state index >= 15 is 0 Å². The zero-order valence-electron chi connectivity index (χ0n) is 11.5. The third-order valence-corrected chi connectivity index (χ3v) is 5.24. The lowest BCUT2D eigenvalue weighted by atomic mass is 10.3. The molecule has 0 amide bonds. The van der Waals surface area contributed by atoms with Crippen LogP contribution in [0.5, 0.6) is 11.5 Å². The normalized spacial score (nSPS) is 11.8. The van der Waals surface area contributed by atoms with Gasteiger partial charge in [0, 0.05) is 5.54 Å². The number of para-hydroxylation sites is 2. The molecule has 3 nitrogen and oxygen atoms in total.